The van der Waals surface area contributed by atoms with E-state index >= 15 is 0 Å². The molecule has 0 bridgehead atoms. The van der Waals surface area contributed by atoms with Crippen molar-refractivity contribution in [2.45, 2.75) is 40.7 Å². The Balaban J connectivity index is 0.000000772. The van der Waals surface area contributed by atoms with Gasteiger partial charge in [-0.05, 0) is 19.9 Å². The van der Waals surface area contributed by atoms with Gasteiger partial charge in [0.05, 0.1) is 11.8 Å². The second-order valence-electron chi connectivity index (χ2n) is 5.07. The SMILES string of the molecule is CC.CC(=O)N/C(N)=N/c1nccc(-c2ccccc2)n1.COC(C)C. The number of nitrogens with one attached hydrogen (secondary N) is 1. The van der Waals surface area contributed by atoms with Crippen LogP contribution < -0.4 is 11.1 Å². The minimum absolute atomic E-state index is 0.0299. The van der Waals surface area contributed by atoms with Gasteiger partial charge < -0.3 is 10.5 Å². The van der Waals surface area contributed by atoms with Crippen LogP contribution in [0, 0.1) is 0 Å². The van der Waals surface area contributed by atoms with E-state index in [1.54, 1.807) is 19.4 Å². The zero-order chi connectivity index (χ0) is 19.9. The molecule has 1 aromatic carbocycles. The van der Waals surface area contributed by atoms with E-state index in [4.69, 9.17) is 10.5 Å². The number of amides is 1. The van der Waals surface area contributed by atoms with E-state index in [0.717, 1.165) is 11.3 Å². The van der Waals surface area contributed by atoms with Crippen LogP contribution in [0.25, 0.3) is 11.3 Å². The summed E-state index contributed by atoms with van der Waals surface area (Å²) in [6.45, 7) is 9.35. The van der Waals surface area contributed by atoms with Crippen LogP contribution in [0.15, 0.2) is 47.6 Å². The molecule has 0 aliphatic carbocycles. The van der Waals surface area contributed by atoms with Crippen molar-refractivity contribution < 1.29 is 9.53 Å². The number of hydrogen-bond acceptors (Lipinski definition) is 5. The van der Waals surface area contributed by atoms with Crippen molar-refractivity contribution in [2.24, 2.45) is 10.7 Å². The fraction of sp³-hybridized carbons (Fsp3) is 0.368. The van der Waals surface area contributed by atoms with Gasteiger partial charge in [0.15, 0.2) is 0 Å². The molecule has 0 aliphatic heterocycles. The van der Waals surface area contributed by atoms with Crippen LogP contribution in [-0.4, -0.2) is 35.0 Å². The second-order valence-corrected chi connectivity index (χ2v) is 5.07. The lowest BCUT2D eigenvalue weighted by atomic mass is 10.1. The summed E-state index contributed by atoms with van der Waals surface area (Å²) in [5, 5.41) is 2.36. The average molecular weight is 359 g/mol. The molecule has 7 nitrogen and oxygen atoms in total. The lowest BCUT2D eigenvalue weighted by Gasteiger charge is -2.02. The first-order valence-electron chi connectivity index (χ1n) is 8.45. The van der Waals surface area contributed by atoms with Crippen LogP contribution in [0.4, 0.5) is 5.95 Å². The average Bonchev–Trinajstić information content (AvgIpc) is 2.64. The summed E-state index contributed by atoms with van der Waals surface area (Å²) >= 11 is 0. The zero-order valence-corrected chi connectivity index (χ0v) is 16.4. The van der Waals surface area contributed by atoms with Gasteiger partial charge in [-0.15, -0.1) is 0 Å². The topological polar surface area (TPSA) is 102 Å². The summed E-state index contributed by atoms with van der Waals surface area (Å²) in [4.78, 5) is 23.0. The minimum Gasteiger partial charge on any atom is -0.382 e. The first-order chi connectivity index (χ1) is 12.4. The molecule has 0 saturated heterocycles. The Morgan fingerprint density at radius 3 is 2.27 bits per heavy atom. The maximum absolute atomic E-state index is 10.8. The van der Waals surface area contributed by atoms with Crippen molar-refractivity contribution in [1.82, 2.24) is 15.3 Å². The molecule has 0 fully saturated rings. The van der Waals surface area contributed by atoms with Crippen molar-refractivity contribution in [3.05, 3.63) is 42.6 Å². The number of rotatable bonds is 3. The van der Waals surface area contributed by atoms with Crippen molar-refractivity contribution in [2.75, 3.05) is 7.11 Å². The molecule has 2 rings (SSSR count). The number of methoxy groups -OCH3 is 1. The summed E-state index contributed by atoms with van der Waals surface area (Å²) in [6, 6.07) is 11.4. The maximum Gasteiger partial charge on any atom is 0.253 e. The van der Waals surface area contributed by atoms with E-state index in [0.29, 0.717) is 6.10 Å². The Morgan fingerprint density at radius 2 is 1.77 bits per heavy atom. The second kappa shape index (κ2) is 13.5. The van der Waals surface area contributed by atoms with E-state index in [9.17, 15) is 4.79 Å². The predicted molar refractivity (Wildman–Crippen MR) is 106 cm³/mol. The molecule has 26 heavy (non-hydrogen) atoms. The van der Waals surface area contributed by atoms with E-state index < -0.39 is 0 Å². The Hall–Kier alpha value is -2.80. The number of guanidine groups is 1. The first-order valence-corrected chi connectivity index (χ1v) is 8.45. The van der Waals surface area contributed by atoms with Gasteiger partial charge in [0.25, 0.3) is 5.95 Å². The van der Waals surface area contributed by atoms with Crippen molar-refractivity contribution in [1.29, 1.82) is 0 Å². The molecule has 1 heterocycles. The fourth-order valence-electron chi connectivity index (χ4n) is 1.49. The summed E-state index contributed by atoms with van der Waals surface area (Å²) in [7, 11) is 1.70. The molecule has 0 saturated carbocycles. The van der Waals surface area contributed by atoms with Gasteiger partial charge in [-0.25, -0.2) is 9.97 Å². The van der Waals surface area contributed by atoms with Gasteiger partial charge in [0.2, 0.25) is 11.9 Å². The van der Waals surface area contributed by atoms with E-state index in [1.807, 2.05) is 58.0 Å². The van der Waals surface area contributed by atoms with Crippen molar-refractivity contribution >= 4 is 17.8 Å². The van der Waals surface area contributed by atoms with Gasteiger partial charge in [-0.2, -0.15) is 4.99 Å². The molecule has 142 valence electrons. The predicted octanol–water partition coefficient (Wildman–Crippen LogP) is 3.29. The number of aliphatic imine (C=N–C) groups is 1. The highest BCUT2D eigenvalue weighted by Gasteiger charge is 2.02. The third-order valence-electron chi connectivity index (χ3n) is 2.71. The molecule has 7 heteroatoms. The smallest absolute Gasteiger partial charge is 0.253 e. The summed E-state index contributed by atoms with van der Waals surface area (Å²) in [5.41, 5.74) is 7.23. The highest BCUT2D eigenvalue weighted by atomic mass is 16.5. The van der Waals surface area contributed by atoms with Gasteiger partial charge >= 0.3 is 0 Å². The van der Waals surface area contributed by atoms with Gasteiger partial charge in [-0.3, -0.25) is 10.1 Å². The Morgan fingerprint density at radius 1 is 1.19 bits per heavy atom. The number of carbonyl (C=O) groups excluding carboxylic acids is 1. The van der Waals surface area contributed by atoms with Crippen molar-refractivity contribution in [3.8, 4) is 11.3 Å². The molecule has 0 spiro atoms. The number of nitrogens with zero attached hydrogens (tertiary/aromatic N) is 3. The third kappa shape index (κ3) is 10.1. The van der Waals surface area contributed by atoms with E-state index in [-0.39, 0.29) is 17.8 Å². The molecular formula is C19H29N5O2. The van der Waals surface area contributed by atoms with Gasteiger partial charge in [-0.1, -0.05) is 44.2 Å². The summed E-state index contributed by atoms with van der Waals surface area (Å²) in [6.07, 6.45) is 1.98. The van der Waals surface area contributed by atoms with E-state index in [1.165, 1.54) is 6.92 Å². The lowest BCUT2D eigenvalue weighted by molar-refractivity contribution is -0.117. The van der Waals surface area contributed by atoms with Crippen LogP contribution in [0.3, 0.4) is 0 Å². The first kappa shape index (κ1) is 23.2. The van der Waals surface area contributed by atoms with Gasteiger partial charge in [0, 0.05) is 25.8 Å². The molecule has 2 aromatic rings. The molecule has 1 amide bonds. The Labute approximate surface area is 155 Å². The van der Waals surface area contributed by atoms with E-state index in [2.05, 4.69) is 20.3 Å². The van der Waals surface area contributed by atoms with Crippen LogP contribution >= 0.6 is 0 Å². The molecule has 0 radical (unpaired) electrons. The van der Waals surface area contributed by atoms with Crippen LogP contribution in [-0.2, 0) is 9.53 Å². The lowest BCUT2D eigenvalue weighted by Crippen LogP contribution is -2.34. The van der Waals surface area contributed by atoms with Crippen LogP contribution in [0.5, 0.6) is 0 Å². The third-order valence-corrected chi connectivity index (χ3v) is 2.71. The quantitative estimate of drug-likeness (QED) is 0.646. The highest BCUT2D eigenvalue weighted by molar-refractivity contribution is 5.95. The number of ether oxygens (including phenoxy) is 1. The van der Waals surface area contributed by atoms with Crippen LogP contribution in [0.2, 0.25) is 0 Å². The summed E-state index contributed by atoms with van der Waals surface area (Å²) in [5.74, 6) is -0.120. The number of nitrogens with two attached hydrogens (primary N) is 1. The fourth-order valence-corrected chi connectivity index (χ4v) is 1.49. The minimum atomic E-state index is -0.291. The number of carbonyl (C=O) groups is 1. The normalized spacial score (nSPS) is 10.2. The molecule has 1 aromatic heterocycles. The molecule has 0 aliphatic rings. The monoisotopic (exact) mass is 359 g/mol. The summed E-state index contributed by atoms with van der Waals surface area (Å²) < 4.78 is 4.75. The molecular weight excluding hydrogens is 330 g/mol. The Kier molecular flexibility index (Phi) is 12.0. The largest absolute Gasteiger partial charge is 0.382 e. The standard InChI is InChI=1S/C13H13N5O.C4H10O.C2H6/c1-9(19)16-12(14)18-13-15-8-7-11(17-13)10-5-3-2-4-6-10;1-4(2)5-3;1-2/h2-8H,1H3,(H3,14,15,16,17,18,19);4H,1-3H3;1-2H3. The highest BCUT2D eigenvalue weighted by Crippen LogP contribution is 2.17. The Bertz CT molecular complexity index is 673. The maximum atomic E-state index is 10.8. The molecule has 3 N–H and O–H groups in total. The zero-order valence-electron chi connectivity index (χ0n) is 16.4. The van der Waals surface area contributed by atoms with Gasteiger partial charge in [0.1, 0.15) is 0 Å². The number of hydrogen-bond donors (Lipinski definition) is 2. The number of aromatic nitrogens is 2. The molecule has 0 atom stereocenters. The number of benzene rings is 1. The molecule has 0 unspecified atom stereocenters. The van der Waals surface area contributed by atoms with Crippen LogP contribution in [0.1, 0.15) is 34.6 Å². The van der Waals surface area contributed by atoms with Crippen molar-refractivity contribution in [3.63, 3.8) is 0 Å².